The number of rotatable bonds is 35. The first kappa shape index (κ1) is 47.9. The first-order valence-electron chi connectivity index (χ1n) is 19.1. The Morgan fingerprint density at radius 1 is 0.620 bits per heavy atom. The van der Waals surface area contributed by atoms with E-state index < -0.39 is 51.8 Å². The number of hydrogen-bond donors (Lipinski definition) is 3. The second kappa shape index (κ2) is 35.3. The van der Waals surface area contributed by atoms with E-state index in [4.69, 9.17) is 19.1 Å². The van der Waals surface area contributed by atoms with Gasteiger partial charge in [-0.25, -0.2) is 4.57 Å². The fourth-order valence-corrected chi connectivity index (χ4v) is 5.60. The van der Waals surface area contributed by atoms with Crippen molar-refractivity contribution < 1.29 is 47.8 Å². The third-order valence-corrected chi connectivity index (χ3v) is 8.70. The van der Waals surface area contributed by atoms with E-state index in [1.54, 1.807) is 0 Å². The lowest BCUT2D eigenvalue weighted by atomic mass is 10.0. The van der Waals surface area contributed by atoms with E-state index in [1.165, 1.54) is 51.4 Å². The summed E-state index contributed by atoms with van der Waals surface area (Å²) in [7, 11) is -4.62. The molecule has 50 heavy (non-hydrogen) atoms. The van der Waals surface area contributed by atoms with Crippen LogP contribution in [0.5, 0.6) is 0 Å². The van der Waals surface area contributed by atoms with E-state index in [-0.39, 0.29) is 19.4 Å². The monoisotopic (exact) mass is 728 g/mol. The number of aliphatic hydroxyl groups is 2. The standard InChI is InChI=1S/C39H69O10P/c1-3-5-7-9-11-13-15-17-18-19-21-23-25-27-29-31-39(43)49-37(35-48-50(44,45)47-33-36(41)32-40)34-46-38(42)30-28-26-24-22-20-16-14-12-10-8-6-4-2/h5,7,11,13,17-18,21,23,36-37,40-41H,3-4,6,8-10,12,14-16,19-20,22,24-35H2,1-2H3,(H,44,45)/b7-5-,13-11-,18-17-,23-21-. The van der Waals surface area contributed by atoms with Crippen LogP contribution in [0.2, 0.25) is 0 Å². The number of unbranched alkanes of at least 4 members (excludes halogenated alkanes) is 13. The molecule has 0 aliphatic carbocycles. The van der Waals surface area contributed by atoms with E-state index in [0.29, 0.717) is 12.8 Å². The Labute approximate surface area is 303 Å². The van der Waals surface area contributed by atoms with Crippen molar-refractivity contribution in [1.29, 1.82) is 0 Å². The third-order valence-electron chi connectivity index (χ3n) is 7.75. The number of carbonyl (C=O) groups excluding carboxylic acids is 2. The quantitative estimate of drug-likeness (QED) is 0.0249. The summed E-state index contributed by atoms with van der Waals surface area (Å²) in [5.74, 6) is -0.976. The second-order valence-corrected chi connectivity index (χ2v) is 14.0. The summed E-state index contributed by atoms with van der Waals surface area (Å²) in [6, 6.07) is 0. The Kier molecular flexibility index (Phi) is 33.9. The third kappa shape index (κ3) is 34.4. The molecule has 0 aromatic rings. The summed E-state index contributed by atoms with van der Waals surface area (Å²) in [5.41, 5.74) is 0. The summed E-state index contributed by atoms with van der Waals surface area (Å²) >= 11 is 0. The predicted molar refractivity (Wildman–Crippen MR) is 201 cm³/mol. The average molecular weight is 729 g/mol. The van der Waals surface area contributed by atoms with Crippen LogP contribution in [0.4, 0.5) is 0 Å². The van der Waals surface area contributed by atoms with Crippen LogP contribution in [0.15, 0.2) is 48.6 Å². The van der Waals surface area contributed by atoms with Crippen molar-refractivity contribution in [3.63, 3.8) is 0 Å². The molecule has 0 aromatic heterocycles. The van der Waals surface area contributed by atoms with Gasteiger partial charge in [0.1, 0.15) is 12.7 Å². The highest BCUT2D eigenvalue weighted by Crippen LogP contribution is 2.43. The first-order valence-corrected chi connectivity index (χ1v) is 20.6. The number of carbonyl (C=O) groups is 2. The van der Waals surface area contributed by atoms with Crippen LogP contribution < -0.4 is 0 Å². The molecule has 0 heterocycles. The van der Waals surface area contributed by atoms with Crippen LogP contribution in [0.3, 0.4) is 0 Å². The van der Waals surface area contributed by atoms with Crippen molar-refractivity contribution in [1.82, 2.24) is 0 Å². The van der Waals surface area contributed by atoms with Gasteiger partial charge in [0.15, 0.2) is 6.10 Å². The van der Waals surface area contributed by atoms with Gasteiger partial charge in [-0.05, 0) is 51.4 Å². The van der Waals surface area contributed by atoms with E-state index in [2.05, 4.69) is 67.0 Å². The van der Waals surface area contributed by atoms with Crippen LogP contribution >= 0.6 is 7.82 Å². The van der Waals surface area contributed by atoms with Crippen LogP contribution in [0, 0.1) is 0 Å². The Hall–Kier alpha value is -2.07. The van der Waals surface area contributed by atoms with Crippen molar-refractivity contribution >= 4 is 19.8 Å². The number of aliphatic hydroxyl groups excluding tert-OH is 2. The SMILES string of the molecule is CC/C=C\C/C=C\C/C=C\C/C=C\CCCCC(=O)OC(COC(=O)CCCCCCCCCCCCCC)COP(=O)(O)OCC(O)CO. The van der Waals surface area contributed by atoms with Crippen molar-refractivity contribution in [3.8, 4) is 0 Å². The molecule has 11 heteroatoms. The molecule has 0 amide bonds. The molecular weight excluding hydrogens is 659 g/mol. The Morgan fingerprint density at radius 2 is 1.10 bits per heavy atom. The highest BCUT2D eigenvalue weighted by atomic mass is 31.2. The minimum atomic E-state index is -4.62. The molecule has 0 bridgehead atoms. The normalized spacial score (nSPS) is 14.6. The maximum absolute atomic E-state index is 12.5. The maximum Gasteiger partial charge on any atom is 0.472 e. The lowest BCUT2D eigenvalue weighted by molar-refractivity contribution is -0.161. The largest absolute Gasteiger partial charge is 0.472 e. The topological polar surface area (TPSA) is 149 Å². The van der Waals surface area contributed by atoms with E-state index in [0.717, 1.165) is 57.8 Å². The molecule has 0 aliphatic rings. The molecule has 0 saturated heterocycles. The fraction of sp³-hybridized carbons (Fsp3) is 0.744. The number of ether oxygens (including phenoxy) is 2. The van der Waals surface area contributed by atoms with Gasteiger partial charge in [0.05, 0.1) is 19.8 Å². The Balaban J connectivity index is 4.45. The van der Waals surface area contributed by atoms with Crippen molar-refractivity contribution in [2.45, 2.75) is 161 Å². The summed E-state index contributed by atoms with van der Waals surface area (Å²) in [6.45, 7) is 2.19. The van der Waals surface area contributed by atoms with Gasteiger partial charge in [-0.1, -0.05) is 133 Å². The van der Waals surface area contributed by atoms with E-state index in [1.807, 2.05) is 0 Å². The number of allylic oxidation sites excluding steroid dienone is 8. The molecular formula is C39H69O10P. The highest BCUT2D eigenvalue weighted by Gasteiger charge is 2.27. The Bertz CT molecular complexity index is 978. The van der Waals surface area contributed by atoms with Gasteiger partial charge in [-0.2, -0.15) is 0 Å². The van der Waals surface area contributed by atoms with Gasteiger partial charge in [0, 0.05) is 12.8 Å². The zero-order valence-electron chi connectivity index (χ0n) is 31.1. The molecule has 0 aromatic carbocycles. The second-order valence-electron chi connectivity index (χ2n) is 12.6. The van der Waals surface area contributed by atoms with Crippen LogP contribution in [0.1, 0.15) is 149 Å². The lowest BCUT2D eigenvalue weighted by Gasteiger charge is -2.20. The van der Waals surface area contributed by atoms with Gasteiger partial charge >= 0.3 is 19.8 Å². The number of phosphoric acid groups is 1. The number of phosphoric ester groups is 1. The molecule has 0 aliphatic heterocycles. The van der Waals surface area contributed by atoms with Crippen LogP contribution in [-0.4, -0.2) is 65.7 Å². The van der Waals surface area contributed by atoms with Gasteiger partial charge < -0.3 is 24.6 Å². The molecule has 0 radical (unpaired) electrons. The first-order chi connectivity index (χ1) is 24.2. The molecule has 0 spiro atoms. The summed E-state index contributed by atoms with van der Waals surface area (Å²) in [5, 5.41) is 18.3. The highest BCUT2D eigenvalue weighted by molar-refractivity contribution is 7.47. The summed E-state index contributed by atoms with van der Waals surface area (Å²) in [6.07, 6.45) is 35.1. The minimum Gasteiger partial charge on any atom is -0.462 e. The molecule has 10 nitrogen and oxygen atoms in total. The number of esters is 2. The number of hydrogen-bond acceptors (Lipinski definition) is 9. The molecule has 0 fully saturated rings. The molecule has 0 saturated carbocycles. The Morgan fingerprint density at radius 3 is 1.66 bits per heavy atom. The molecule has 3 unspecified atom stereocenters. The zero-order valence-corrected chi connectivity index (χ0v) is 32.0. The van der Waals surface area contributed by atoms with Gasteiger partial charge in [-0.3, -0.25) is 18.6 Å². The maximum atomic E-state index is 12.5. The molecule has 3 atom stereocenters. The fourth-order valence-electron chi connectivity index (χ4n) is 4.81. The van der Waals surface area contributed by atoms with E-state index >= 15 is 0 Å². The lowest BCUT2D eigenvalue weighted by Crippen LogP contribution is -2.29. The molecule has 290 valence electrons. The molecule has 3 N–H and O–H groups in total. The predicted octanol–water partition coefficient (Wildman–Crippen LogP) is 9.38. The molecule has 0 rings (SSSR count). The van der Waals surface area contributed by atoms with Crippen LogP contribution in [-0.2, 0) is 32.7 Å². The zero-order chi connectivity index (χ0) is 37.0. The van der Waals surface area contributed by atoms with Crippen molar-refractivity contribution in [3.05, 3.63) is 48.6 Å². The van der Waals surface area contributed by atoms with Crippen molar-refractivity contribution in [2.24, 2.45) is 0 Å². The van der Waals surface area contributed by atoms with Gasteiger partial charge in [-0.15, -0.1) is 0 Å². The summed E-state index contributed by atoms with van der Waals surface area (Å²) < 4.78 is 32.5. The van der Waals surface area contributed by atoms with Gasteiger partial charge in [0.25, 0.3) is 0 Å². The van der Waals surface area contributed by atoms with Crippen molar-refractivity contribution in [2.75, 3.05) is 26.4 Å². The van der Waals surface area contributed by atoms with Gasteiger partial charge in [0.2, 0.25) is 0 Å². The van der Waals surface area contributed by atoms with E-state index in [9.17, 15) is 24.2 Å². The summed E-state index contributed by atoms with van der Waals surface area (Å²) in [4.78, 5) is 34.8. The van der Waals surface area contributed by atoms with Crippen LogP contribution in [0.25, 0.3) is 0 Å². The minimum absolute atomic E-state index is 0.132. The average Bonchev–Trinajstić information content (AvgIpc) is 3.10. The smallest absolute Gasteiger partial charge is 0.462 e.